The minimum atomic E-state index is -0.445. The third-order valence-corrected chi connectivity index (χ3v) is 4.69. The zero-order chi connectivity index (χ0) is 17.1. The SMILES string of the molecule is CC[C@@H]1CN(C(=O)c2cccc(-c3ccc(F)c(Cl)c3)c2)CCN1. The van der Waals surface area contributed by atoms with Crippen molar-refractivity contribution in [2.24, 2.45) is 0 Å². The van der Waals surface area contributed by atoms with Crippen LogP contribution in [0, 0.1) is 5.82 Å². The minimum absolute atomic E-state index is 0.0324. The highest BCUT2D eigenvalue weighted by molar-refractivity contribution is 6.31. The number of carbonyl (C=O) groups excluding carboxylic acids is 1. The zero-order valence-electron chi connectivity index (χ0n) is 13.6. The Morgan fingerprint density at radius 1 is 1.29 bits per heavy atom. The number of rotatable bonds is 3. The summed E-state index contributed by atoms with van der Waals surface area (Å²) in [5.41, 5.74) is 2.29. The summed E-state index contributed by atoms with van der Waals surface area (Å²) >= 11 is 5.86. The van der Waals surface area contributed by atoms with Crippen molar-refractivity contribution < 1.29 is 9.18 Å². The van der Waals surface area contributed by atoms with E-state index < -0.39 is 5.82 Å². The first-order chi connectivity index (χ1) is 11.6. The van der Waals surface area contributed by atoms with Gasteiger partial charge in [0, 0.05) is 31.2 Å². The molecule has 1 aliphatic rings. The number of carbonyl (C=O) groups is 1. The molecule has 0 bridgehead atoms. The van der Waals surface area contributed by atoms with E-state index >= 15 is 0 Å². The molecule has 3 rings (SSSR count). The second kappa shape index (κ2) is 7.32. The molecule has 1 amide bonds. The summed E-state index contributed by atoms with van der Waals surface area (Å²) in [6.45, 7) is 4.37. The normalized spacial score (nSPS) is 17.8. The smallest absolute Gasteiger partial charge is 0.253 e. The van der Waals surface area contributed by atoms with Gasteiger partial charge in [0.2, 0.25) is 0 Å². The number of nitrogens with zero attached hydrogens (tertiary/aromatic N) is 1. The quantitative estimate of drug-likeness (QED) is 0.912. The van der Waals surface area contributed by atoms with Crippen molar-refractivity contribution in [2.45, 2.75) is 19.4 Å². The Morgan fingerprint density at radius 2 is 2.08 bits per heavy atom. The van der Waals surface area contributed by atoms with Gasteiger partial charge in [0.15, 0.2) is 0 Å². The summed E-state index contributed by atoms with van der Waals surface area (Å²) in [5, 5.41) is 3.49. The van der Waals surface area contributed by atoms with Gasteiger partial charge in [-0.2, -0.15) is 0 Å². The molecule has 0 aliphatic carbocycles. The van der Waals surface area contributed by atoms with Crippen molar-refractivity contribution in [1.82, 2.24) is 10.2 Å². The van der Waals surface area contributed by atoms with E-state index in [0.29, 0.717) is 18.2 Å². The average Bonchev–Trinajstić information content (AvgIpc) is 2.63. The molecule has 3 nitrogen and oxygen atoms in total. The van der Waals surface area contributed by atoms with E-state index in [2.05, 4.69) is 12.2 Å². The lowest BCUT2D eigenvalue weighted by Crippen LogP contribution is -2.52. The molecule has 0 saturated carbocycles. The van der Waals surface area contributed by atoms with Gasteiger partial charge >= 0.3 is 0 Å². The van der Waals surface area contributed by atoms with Gasteiger partial charge in [-0.1, -0.05) is 36.7 Å². The maximum Gasteiger partial charge on any atom is 0.253 e. The molecule has 1 saturated heterocycles. The highest BCUT2D eigenvalue weighted by Crippen LogP contribution is 2.26. The maximum atomic E-state index is 13.3. The summed E-state index contributed by atoms with van der Waals surface area (Å²) in [6, 6.07) is 12.3. The zero-order valence-corrected chi connectivity index (χ0v) is 14.3. The number of hydrogen-bond donors (Lipinski definition) is 1. The summed E-state index contributed by atoms with van der Waals surface area (Å²) in [7, 11) is 0. The number of benzene rings is 2. The van der Waals surface area contributed by atoms with Crippen LogP contribution in [0.3, 0.4) is 0 Å². The molecule has 0 unspecified atom stereocenters. The highest BCUT2D eigenvalue weighted by Gasteiger charge is 2.23. The molecular formula is C19H20ClFN2O. The van der Waals surface area contributed by atoms with E-state index in [9.17, 15) is 9.18 Å². The van der Waals surface area contributed by atoms with Crippen LogP contribution in [0.5, 0.6) is 0 Å². The first-order valence-corrected chi connectivity index (χ1v) is 8.54. The maximum absolute atomic E-state index is 13.3. The third-order valence-electron chi connectivity index (χ3n) is 4.40. The Bertz CT molecular complexity index is 750. The summed E-state index contributed by atoms with van der Waals surface area (Å²) in [5.74, 6) is -0.413. The minimum Gasteiger partial charge on any atom is -0.336 e. The molecule has 24 heavy (non-hydrogen) atoms. The molecule has 0 radical (unpaired) electrons. The molecule has 1 atom stereocenters. The summed E-state index contributed by atoms with van der Waals surface area (Å²) < 4.78 is 13.3. The van der Waals surface area contributed by atoms with Crippen molar-refractivity contribution in [2.75, 3.05) is 19.6 Å². The fraction of sp³-hybridized carbons (Fsp3) is 0.316. The number of piperazine rings is 1. The van der Waals surface area contributed by atoms with Crippen LogP contribution in [0.4, 0.5) is 4.39 Å². The predicted octanol–water partition coefficient (Wildman–Crippen LogP) is 3.97. The Hall–Kier alpha value is -1.91. The standard InChI is InChI=1S/C19H20ClFN2O/c1-2-16-12-23(9-8-22-16)19(24)15-5-3-4-13(10-15)14-6-7-18(21)17(20)11-14/h3-7,10-11,16,22H,2,8-9,12H2,1H3/t16-/m1/s1. The van der Waals surface area contributed by atoms with E-state index in [1.54, 1.807) is 12.1 Å². The molecular weight excluding hydrogens is 327 g/mol. The van der Waals surface area contributed by atoms with Crippen LogP contribution < -0.4 is 5.32 Å². The van der Waals surface area contributed by atoms with Crippen LogP contribution in [0.2, 0.25) is 5.02 Å². The van der Waals surface area contributed by atoms with Gasteiger partial charge in [-0.25, -0.2) is 4.39 Å². The van der Waals surface area contributed by atoms with E-state index in [1.165, 1.54) is 6.07 Å². The van der Waals surface area contributed by atoms with Gasteiger partial charge < -0.3 is 10.2 Å². The topological polar surface area (TPSA) is 32.3 Å². The number of amides is 1. The van der Waals surface area contributed by atoms with Gasteiger partial charge in [-0.05, 0) is 41.8 Å². The molecule has 126 valence electrons. The highest BCUT2D eigenvalue weighted by atomic mass is 35.5. The van der Waals surface area contributed by atoms with Gasteiger partial charge in [-0.15, -0.1) is 0 Å². The Balaban J connectivity index is 1.84. The van der Waals surface area contributed by atoms with E-state index in [-0.39, 0.29) is 10.9 Å². The predicted molar refractivity (Wildman–Crippen MR) is 94.8 cm³/mol. The second-order valence-electron chi connectivity index (χ2n) is 6.02. The van der Waals surface area contributed by atoms with Crippen LogP contribution in [-0.4, -0.2) is 36.5 Å². The summed E-state index contributed by atoms with van der Waals surface area (Å²) in [6.07, 6.45) is 0.998. The second-order valence-corrected chi connectivity index (χ2v) is 6.43. The molecule has 0 aromatic heterocycles. The largest absolute Gasteiger partial charge is 0.336 e. The molecule has 5 heteroatoms. The lowest BCUT2D eigenvalue weighted by atomic mass is 10.0. The number of nitrogens with one attached hydrogen (secondary N) is 1. The van der Waals surface area contributed by atoms with E-state index in [4.69, 9.17) is 11.6 Å². The van der Waals surface area contributed by atoms with Crippen molar-refractivity contribution in [3.8, 4) is 11.1 Å². The summed E-state index contributed by atoms with van der Waals surface area (Å²) in [4.78, 5) is 14.7. The fourth-order valence-corrected chi connectivity index (χ4v) is 3.15. The Labute approximate surface area is 146 Å². The van der Waals surface area contributed by atoms with E-state index in [1.807, 2.05) is 29.2 Å². The lowest BCUT2D eigenvalue weighted by Gasteiger charge is -2.33. The molecule has 1 fully saturated rings. The van der Waals surface area contributed by atoms with Crippen molar-refractivity contribution in [3.05, 3.63) is 58.9 Å². The van der Waals surface area contributed by atoms with E-state index in [0.717, 1.165) is 30.6 Å². The number of hydrogen-bond acceptors (Lipinski definition) is 2. The lowest BCUT2D eigenvalue weighted by molar-refractivity contribution is 0.0701. The van der Waals surface area contributed by atoms with Crippen LogP contribution >= 0.6 is 11.6 Å². The first-order valence-electron chi connectivity index (χ1n) is 8.16. The van der Waals surface area contributed by atoms with Gasteiger partial charge in [0.1, 0.15) is 5.82 Å². The fourth-order valence-electron chi connectivity index (χ4n) is 2.97. The molecule has 0 spiro atoms. The van der Waals surface area contributed by atoms with Gasteiger partial charge in [-0.3, -0.25) is 4.79 Å². The molecule has 1 heterocycles. The molecule has 1 N–H and O–H groups in total. The Kier molecular flexibility index (Phi) is 5.17. The van der Waals surface area contributed by atoms with Crippen LogP contribution in [0.15, 0.2) is 42.5 Å². The first kappa shape index (κ1) is 16.9. The van der Waals surface area contributed by atoms with Gasteiger partial charge in [0.25, 0.3) is 5.91 Å². The van der Waals surface area contributed by atoms with Crippen molar-refractivity contribution >= 4 is 17.5 Å². The third kappa shape index (κ3) is 3.60. The molecule has 1 aliphatic heterocycles. The van der Waals surface area contributed by atoms with Crippen LogP contribution in [-0.2, 0) is 0 Å². The average molecular weight is 347 g/mol. The Morgan fingerprint density at radius 3 is 2.83 bits per heavy atom. The van der Waals surface area contributed by atoms with Gasteiger partial charge in [0.05, 0.1) is 5.02 Å². The van der Waals surface area contributed by atoms with Crippen molar-refractivity contribution in [1.29, 1.82) is 0 Å². The molecule has 2 aromatic carbocycles. The van der Waals surface area contributed by atoms with Crippen LogP contribution in [0.25, 0.3) is 11.1 Å². The van der Waals surface area contributed by atoms with Crippen molar-refractivity contribution in [3.63, 3.8) is 0 Å². The monoisotopic (exact) mass is 346 g/mol. The molecule has 2 aromatic rings. The number of halogens is 2. The van der Waals surface area contributed by atoms with Crippen LogP contribution in [0.1, 0.15) is 23.7 Å².